The van der Waals surface area contributed by atoms with Crippen molar-refractivity contribution in [2.75, 3.05) is 0 Å². The van der Waals surface area contributed by atoms with E-state index in [0.29, 0.717) is 11.1 Å². The maximum Gasteiger partial charge on any atom is 0.255 e. The first-order chi connectivity index (χ1) is 15.2. The SMILES string of the molecule is NC(=O)C1=C(O)CC2C[C@@H]3Cc4c(-c5ncco5)ccc(O)c4C(=O)C3=C(O)[C@]2(O)C1=O. The van der Waals surface area contributed by atoms with Crippen LogP contribution in [0.1, 0.15) is 28.8 Å². The van der Waals surface area contributed by atoms with Gasteiger partial charge in [-0.3, -0.25) is 14.4 Å². The van der Waals surface area contributed by atoms with Crippen molar-refractivity contribution >= 4 is 17.5 Å². The number of carbonyl (C=O) groups excluding carboxylic acids is 3. The maximum absolute atomic E-state index is 13.4. The summed E-state index contributed by atoms with van der Waals surface area (Å²) in [7, 11) is 0. The van der Waals surface area contributed by atoms with Crippen LogP contribution in [0.3, 0.4) is 0 Å². The third kappa shape index (κ3) is 2.43. The van der Waals surface area contributed by atoms with E-state index in [2.05, 4.69) is 4.98 Å². The van der Waals surface area contributed by atoms with Crippen molar-refractivity contribution in [3.63, 3.8) is 0 Å². The van der Waals surface area contributed by atoms with Crippen molar-refractivity contribution in [1.29, 1.82) is 0 Å². The number of rotatable bonds is 2. The molecule has 1 heterocycles. The molecule has 3 aliphatic carbocycles. The quantitative estimate of drug-likeness (QED) is 0.430. The molecule has 0 bridgehead atoms. The molecule has 3 aliphatic rings. The van der Waals surface area contributed by atoms with Crippen molar-refractivity contribution in [2.24, 2.45) is 17.6 Å². The molecule has 2 aromatic rings. The van der Waals surface area contributed by atoms with Crippen LogP contribution in [0.5, 0.6) is 5.75 Å². The zero-order valence-electron chi connectivity index (χ0n) is 16.5. The molecule has 0 fully saturated rings. The fraction of sp³-hybridized carbons (Fsp3) is 0.273. The number of ketones is 2. The summed E-state index contributed by atoms with van der Waals surface area (Å²) >= 11 is 0. The van der Waals surface area contributed by atoms with Gasteiger partial charge < -0.3 is 30.6 Å². The summed E-state index contributed by atoms with van der Waals surface area (Å²) in [5.41, 5.74) is 2.46. The van der Waals surface area contributed by atoms with Crippen LogP contribution in [0, 0.1) is 11.8 Å². The lowest BCUT2D eigenvalue weighted by molar-refractivity contribution is -0.144. The van der Waals surface area contributed by atoms with E-state index in [9.17, 15) is 34.8 Å². The van der Waals surface area contributed by atoms with Crippen LogP contribution in [0.2, 0.25) is 0 Å². The standard InChI is InChI=1S/C22H18N2O8/c23-20(30)16-13(26)7-9-5-8-6-11-10(21-24-3-4-32-21)1-2-12(25)15(11)17(27)14(8)18(28)22(9,31)19(16)29/h1-4,8-9,25-26,28,31H,5-7H2,(H2,23,30)/t8-,9?,22+/m1/s1. The number of oxazole rings is 1. The van der Waals surface area contributed by atoms with Gasteiger partial charge in [-0.1, -0.05) is 0 Å². The second kappa shape index (κ2) is 6.54. The van der Waals surface area contributed by atoms with Gasteiger partial charge in [-0.15, -0.1) is 0 Å². The third-order valence-corrected chi connectivity index (χ3v) is 6.61. The van der Waals surface area contributed by atoms with Gasteiger partial charge in [0.1, 0.15) is 29.1 Å². The number of phenols is 1. The normalized spacial score (nSPS) is 27.2. The number of carbonyl (C=O) groups is 3. The number of aliphatic hydroxyl groups excluding tert-OH is 2. The first-order valence-corrected chi connectivity index (χ1v) is 9.88. The van der Waals surface area contributed by atoms with Crippen LogP contribution in [-0.2, 0) is 16.0 Å². The Morgan fingerprint density at radius 2 is 1.94 bits per heavy atom. The first-order valence-electron chi connectivity index (χ1n) is 9.88. The fourth-order valence-electron chi connectivity index (χ4n) is 5.18. The Kier molecular flexibility index (Phi) is 4.09. The second-order valence-corrected chi connectivity index (χ2v) is 8.23. The van der Waals surface area contributed by atoms with Crippen LogP contribution < -0.4 is 5.73 Å². The molecule has 6 N–H and O–H groups in total. The number of aliphatic hydroxyl groups is 3. The molecule has 5 rings (SSSR count). The van der Waals surface area contributed by atoms with E-state index in [1.165, 1.54) is 18.5 Å². The van der Waals surface area contributed by atoms with Gasteiger partial charge in [0.05, 0.1) is 11.8 Å². The van der Waals surface area contributed by atoms with E-state index < -0.39 is 52.0 Å². The summed E-state index contributed by atoms with van der Waals surface area (Å²) in [5.74, 6) is -6.38. The molecule has 3 atom stereocenters. The first kappa shape index (κ1) is 20.0. The van der Waals surface area contributed by atoms with E-state index in [0.717, 1.165) is 0 Å². The van der Waals surface area contributed by atoms with Gasteiger partial charge >= 0.3 is 0 Å². The highest BCUT2D eigenvalue weighted by molar-refractivity contribution is 6.24. The van der Waals surface area contributed by atoms with Crippen LogP contribution in [0.25, 0.3) is 11.5 Å². The lowest BCUT2D eigenvalue weighted by Gasteiger charge is -2.45. The molecule has 0 saturated carbocycles. The number of aromatic hydroxyl groups is 1. The highest BCUT2D eigenvalue weighted by Crippen LogP contribution is 2.52. The molecule has 0 aliphatic heterocycles. The number of fused-ring (bicyclic) bond motifs is 3. The summed E-state index contributed by atoms with van der Waals surface area (Å²) in [6.45, 7) is 0. The Labute approximate surface area is 180 Å². The smallest absolute Gasteiger partial charge is 0.255 e. The Morgan fingerprint density at radius 3 is 2.59 bits per heavy atom. The lowest BCUT2D eigenvalue weighted by Crippen LogP contribution is -2.57. The molecule has 0 saturated heterocycles. The van der Waals surface area contributed by atoms with Crippen molar-refractivity contribution in [3.05, 3.63) is 58.4 Å². The van der Waals surface area contributed by atoms with Gasteiger partial charge in [0.15, 0.2) is 11.4 Å². The zero-order chi connectivity index (χ0) is 22.9. The largest absolute Gasteiger partial charge is 0.511 e. The number of benzene rings is 1. The van der Waals surface area contributed by atoms with E-state index in [4.69, 9.17) is 10.2 Å². The number of phenolic OH excluding ortho intramolecular Hbond substituents is 1. The molecule has 164 valence electrons. The Bertz CT molecular complexity index is 1270. The molecule has 1 aromatic heterocycles. The number of allylic oxidation sites excluding steroid dienone is 2. The monoisotopic (exact) mass is 438 g/mol. The van der Waals surface area contributed by atoms with Gasteiger partial charge in [0, 0.05) is 23.5 Å². The minimum absolute atomic E-state index is 0.0591. The Morgan fingerprint density at radius 1 is 1.19 bits per heavy atom. The van der Waals surface area contributed by atoms with Crippen molar-refractivity contribution < 1.29 is 39.2 Å². The summed E-state index contributed by atoms with van der Waals surface area (Å²) in [6.07, 6.45) is 2.78. The van der Waals surface area contributed by atoms with Crippen molar-refractivity contribution in [2.45, 2.75) is 24.9 Å². The lowest BCUT2D eigenvalue weighted by atomic mass is 9.60. The minimum atomic E-state index is -2.58. The van der Waals surface area contributed by atoms with E-state index in [1.807, 2.05) is 0 Å². The third-order valence-electron chi connectivity index (χ3n) is 6.61. The van der Waals surface area contributed by atoms with Crippen LogP contribution in [-0.4, -0.2) is 48.5 Å². The summed E-state index contributed by atoms with van der Waals surface area (Å²) < 4.78 is 5.35. The summed E-state index contributed by atoms with van der Waals surface area (Å²) in [6, 6.07) is 2.87. The highest BCUT2D eigenvalue weighted by Gasteiger charge is 2.59. The average molecular weight is 438 g/mol. The molecule has 1 unspecified atom stereocenters. The number of amides is 1. The Balaban J connectivity index is 1.70. The van der Waals surface area contributed by atoms with Crippen LogP contribution in [0.4, 0.5) is 0 Å². The van der Waals surface area contributed by atoms with E-state index >= 15 is 0 Å². The average Bonchev–Trinajstić information content (AvgIpc) is 3.25. The number of hydrogen-bond acceptors (Lipinski definition) is 9. The van der Waals surface area contributed by atoms with Gasteiger partial charge in [-0.25, -0.2) is 4.98 Å². The number of hydrogen-bond donors (Lipinski definition) is 5. The Hall–Kier alpha value is -3.92. The summed E-state index contributed by atoms with van der Waals surface area (Å²) in [4.78, 5) is 42.1. The zero-order valence-corrected chi connectivity index (χ0v) is 16.5. The van der Waals surface area contributed by atoms with Gasteiger partial charge in [0.25, 0.3) is 5.91 Å². The summed E-state index contributed by atoms with van der Waals surface area (Å²) in [5, 5.41) is 42.8. The van der Waals surface area contributed by atoms with Crippen molar-refractivity contribution in [1.82, 2.24) is 4.98 Å². The fourth-order valence-corrected chi connectivity index (χ4v) is 5.18. The number of primary amides is 1. The number of aromatic nitrogens is 1. The van der Waals surface area contributed by atoms with Gasteiger partial charge in [-0.05, 0) is 36.5 Å². The van der Waals surface area contributed by atoms with Crippen molar-refractivity contribution in [3.8, 4) is 17.2 Å². The van der Waals surface area contributed by atoms with Gasteiger partial charge in [-0.2, -0.15) is 0 Å². The maximum atomic E-state index is 13.4. The molecular weight excluding hydrogens is 420 g/mol. The van der Waals surface area contributed by atoms with E-state index in [-0.39, 0.29) is 42.0 Å². The second-order valence-electron chi connectivity index (χ2n) is 8.23. The molecule has 1 amide bonds. The number of nitrogens with two attached hydrogens (primary N) is 1. The molecule has 10 heteroatoms. The predicted molar refractivity (Wildman–Crippen MR) is 106 cm³/mol. The molecule has 10 nitrogen and oxygen atoms in total. The predicted octanol–water partition coefficient (Wildman–Crippen LogP) is 1.24. The highest BCUT2D eigenvalue weighted by atomic mass is 16.4. The molecular formula is C22H18N2O8. The topological polar surface area (TPSA) is 184 Å². The van der Waals surface area contributed by atoms with E-state index in [1.54, 1.807) is 6.07 Å². The molecule has 0 spiro atoms. The van der Waals surface area contributed by atoms with Crippen LogP contribution in [0.15, 0.2) is 51.7 Å². The number of nitrogens with zero attached hydrogens (tertiary/aromatic N) is 1. The molecule has 32 heavy (non-hydrogen) atoms. The molecule has 1 aromatic carbocycles. The molecule has 0 radical (unpaired) electrons. The minimum Gasteiger partial charge on any atom is -0.511 e. The number of Topliss-reactive ketones (excluding diaryl/α,β-unsaturated/α-hetero) is 2. The van der Waals surface area contributed by atoms with Crippen LogP contribution >= 0.6 is 0 Å². The van der Waals surface area contributed by atoms with Gasteiger partial charge in [0.2, 0.25) is 11.7 Å².